The molecule has 0 saturated heterocycles. The number of aromatic carboxylic acids is 1. The maximum absolute atomic E-state index is 12.7. The van der Waals surface area contributed by atoms with Gasteiger partial charge in [0, 0.05) is 30.0 Å². The topological polar surface area (TPSA) is 121 Å². The molecule has 3 aromatic rings. The summed E-state index contributed by atoms with van der Waals surface area (Å²) in [6.07, 6.45) is 1.27. The van der Waals surface area contributed by atoms with Crippen molar-refractivity contribution in [2.45, 2.75) is 25.2 Å². The van der Waals surface area contributed by atoms with Crippen molar-refractivity contribution in [3.05, 3.63) is 86.3 Å². The number of esters is 1. The SMILES string of the molecule is COC(=O)CC(c1ccc(C(=O)O)cc1)c1c(Cc2ccc3c(c2)CCO3)[nH][nH]c1=O. The van der Waals surface area contributed by atoms with Crippen molar-refractivity contribution in [1.29, 1.82) is 0 Å². The lowest BCUT2D eigenvalue weighted by Crippen LogP contribution is -2.18. The third-order valence-electron chi connectivity index (χ3n) is 5.54. The first kappa shape index (κ1) is 20.5. The Bertz CT molecular complexity index is 1180. The zero-order valence-electron chi connectivity index (χ0n) is 16.9. The molecule has 1 aromatic heterocycles. The fourth-order valence-electron chi connectivity index (χ4n) is 3.96. The number of carboxylic acids is 1. The minimum atomic E-state index is -1.04. The Balaban J connectivity index is 1.71. The number of carbonyl (C=O) groups is 2. The lowest BCUT2D eigenvalue weighted by Gasteiger charge is -2.17. The number of hydrogen-bond acceptors (Lipinski definition) is 5. The van der Waals surface area contributed by atoms with Crippen molar-refractivity contribution in [1.82, 2.24) is 10.2 Å². The van der Waals surface area contributed by atoms with Gasteiger partial charge in [0.1, 0.15) is 5.75 Å². The molecule has 160 valence electrons. The first-order valence-corrected chi connectivity index (χ1v) is 9.90. The van der Waals surface area contributed by atoms with Crippen molar-refractivity contribution in [3.8, 4) is 5.75 Å². The molecule has 1 atom stereocenters. The van der Waals surface area contributed by atoms with Gasteiger partial charge in [-0.2, -0.15) is 0 Å². The van der Waals surface area contributed by atoms with Gasteiger partial charge in [-0.1, -0.05) is 24.3 Å². The second-order valence-electron chi connectivity index (χ2n) is 7.45. The van der Waals surface area contributed by atoms with Gasteiger partial charge in [0.05, 0.1) is 25.7 Å². The number of methoxy groups -OCH3 is 1. The van der Waals surface area contributed by atoms with E-state index < -0.39 is 17.9 Å². The van der Waals surface area contributed by atoms with E-state index in [1.165, 1.54) is 19.2 Å². The molecule has 0 spiro atoms. The zero-order valence-corrected chi connectivity index (χ0v) is 16.9. The first-order valence-electron chi connectivity index (χ1n) is 9.90. The van der Waals surface area contributed by atoms with Gasteiger partial charge in [-0.3, -0.25) is 14.7 Å². The molecule has 8 heteroatoms. The number of hydrogen-bond donors (Lipinski definition) is 3. The maximum Gasteiger partial charge on any atom is 0.335 e. The molecule has 0 amide bonds. The van der Waals surface area contributed by atoms with Crippen molar-refractivity contribution in [2.75, 3.05) is 13.7 Å². The van der Waals surface area contributed by atoms with Crippen molar-refractivity contribution < 1.29 is 24.2 Å². The third-order valence-corrected chi connectivity index (χ3v) is 5.54. The van der Waals surface area contributed by atoms with Crippen LogP contribution in [0.5, 0.6) is 5.75 Å². The Hall–Kier alpha value is -3.81. The molecule has 3 N–H and O–H groups in total. The third kappa shape index (κ3) is 4.23. The summed E-state index contributed by atoms with van der Waals surface area (Å²) in [6, 6.07) is 12.1. The van der Waals surface area contributed by atoms with Crippen molar-refractivity contribution in [3.63, 3.8) is 0 Å². The van der Waals surface area contributed by atoms with E-state index in [1.807, 2.05) is 12.1 Å². The minimum absolute atomic E-state index is 0.0467. The number of rotatable bonds is 7. The summed E-state index contributed by atoms with van der Waals surface area (Å²) in [5, 5.41) is 14.7. The molecule has 0 radical (unpaired) electrons. The fourth-order valence-corrected chi connectivity index (χ4v) is 3.96. The Morgan fingerprint density at radius 3 is 2.65 bits per heavy atom. The quantitative estimate of drug-likeness (QED) is 0.503. The molecule has 4 rings (SSSR count). The predicted molar refractivity (Wildman–Crippen MR) is 112 cm³/mol. The summed E-state index contributed by atoms with van der Waals surface area (Å²) in [5.41, 5.74) is 3.71. The second-order valence-corrected chi connectivity index (χ2v) is 7.45. The van der Waals surface area contributed by atoms with Crippen LogP contribution in [0.15, 0.2) is 47.3 Å². The van der Waals surface area contributed by atoms with Gasteiger partial charge in [0.2, 0.25) is 0 Å². The smallest absolute Gasteiger partial charge is 0.335 e. The number of ether oxygens (including phenoxy) is 2. The molecule has 2 heterocycles. The van der Waals surface area contributed by atoms with Crippen LogP contribution in [0.1, 0.15) is 50.6 Å². The Labute approximate surface area is 177 Å². The van der Waals surface area contributed by atoms with Gasteiger partial charge in [-0.05, 0) is 34.9 Å². The second kappa shape index (κ2) is 8.51. The van der Waals surface area contributed by atoms with Gasteiger partial charge in [0.15, 0.2) is 0 Å². The number of aromatic nitrogens is 2. The number of aromatic amines is 2. The van der Waals surface area contributed by atoms with Crippen LogP contribution in [0.3, 0.4) is 0 Å². The lowest BCUT2D eigenvalue weighted by atomic mass is 9.87. The van der Waals surface area contributed by atoms with E-state index in [-0.39, 0.29) is 17.5 Å². The van der Waals surface area contributed by atoms with Gasteiger partial charge >= 0.3 is 11.9 Å². The van der Waals surface area contributed by atoms with Crippen LogP contribution < -0.4 is 10.3 Å². The molecule has 0 fully saturated rings. The highest BCUT2D eigenvalue weighted by molar-refractivity contribution is 5.87. The lowest BCUT2D eigenvalue weighted by molar-refractivity contribution is -0.140. The van der Waals surface area contributed by atoms with E-state index in [4.69, 9.17) is 14.6 Å². The highest BCUT2D eigenvalue weighted by Gasteiger charge is 2.26. The van der Waals surface area contributed by atoms with Gasteiger partial charge < -0.3 is 19.7 Å². The summed E-state index contributed by atoms with van der Waals surface area (Å²) in [7, 11) is 1.29. The predicted octanol–water partition coefficient (Wildman–Crippen LogP) is 2.62. The number of carbonyl (C=O) groups excluding carboxylic acids is 1. The van der Waals surface area contributed by atoms with Crippen molar-refractivity contribution >= 4 is 11.9 Å². The van der Waals surface area contributed by atoms with Crippen LogP contribution in [0.2, 0.25) is 0 Å². The molecular weight excluding hydrogens is 400 g/mol. The average molecular weight is 422 g/mol. The summed E-state index contributed by atoms with van der Waals surface area (Å²) in [4.78, 5) is 36.0. The maximum atomic E-state index is 12.7. The van der Waals surface area contributed by atoms with E-state index in [9.17, 15) is 14.4 Å². The molecule has 1 unspecified atom stereocenters. The summed E-state index contributed by atoms with van der Waals surface area (Å²) < 4.78 is 10.4. The minimum Gasteiger partial charge on any atom is -0.493 e. The van der Waals surface area contributed by atoms with E-state index >= 15 is 0 Å². The first-order chi connectivity index (χ1) is 15.0. The van der Waals surface area contributed by atoms with Crippen LogP contribution in [0, 0.1) is 0 Å². The number of carboxylic acid groups (broad SMARTS) is 1. The number of nitrogens with one attached hydrogen (secondary N) is 2. The molecule has 0 aliphatic carbocycles. The highest BCUT2D eigenvalue weighted by atomic mass is 16.5. The molecule has 8 nitrogen and oxygen atoms in total. The largest absolute Gasteiger partial charge is 0.493 e. The van der Waals surface area contributed by atoms with Gasteiger partial charge in [-0.15, -0.1) is 0 Å². The summed E-state index contributed by atoms with van der Waals surface area (Å²) >= 11 is 0. The average Bonchev–Trinajstić information content (AvgIpc) is 3.38. The Morgan fingerprint density at radius 2 is 1.94 bits per heavy atom. The Morgan fingerprint density at radius 1 is 1.16 bits per heavy atom. The summed E-state index contributed by atoms with van der Waals surface area (Å²) in [6.45, 7) is 0.665. The van der Waals surface area contributed by atoms with Crippen LogP contribution in [0.25, 0.3) is 0 Å². The van der Waals surface area contributed by atoms with E-state index in [0.717, 1.165) is 23.3 Å². The van der Waals surface area contributed by atoms with Gasteiger partial charge in [0.25, 0.3) is 5.56 Å². The van der Waals surface area contributed by atoms with E-state index in [2.05, 4.69) is 16.3 Å². The fraction of sp³-hybridized carbons (Fsp3) is 0.261. The molecule has 1 aliphatic heterocycles. The number of fused-ring (bicyclic) bond motifs is 1. The molecular formula is C23H22N2O6. The molecule has 1 aliphatic rings. The molecule has 2 aromatic carbocycles. The molecule has 31 heavy (non-hydrogen) atoms. The van der Waals surface area contributed by atoms with Crippen LogP contribution >= 0.6 is 0 Å². The Kier molecular flexibility index (Phi) is 5.62. The normalized spacial score (nSPS) is 13.3. The van der Waals surface area contributed by atoms with Crippen LogP contribution in [0.4, 0.5) is 0 Å². The van der Waals surface area contributed by atoms with Crippen molar-refractivity contribution in [2.24, 2.45) is 0 Å². The summed E-state index contributed by atoms with van der Waals surface area (Å²) in [5.74, 6) is -1.21. The highest BCUT2D eigenvalue weighted by Crippen LogP contribution is 2.31. The van der Waals surface area contributed by atoms with E-state index in [0.29, 0.717) is 29.8 Å². The van der Waals surface area contributed by atoms with Crippen LogP contribution in [-0.4, -0.2) is 41.0 Å². The van der Waals surface area contributed by atoms with Crippen LogP contribution in [-0.2, 0) is 22.4 Å². The number of benzene rings is 2. The molecule has 0 saturated carbocycles. The molecule has 0 bridgehead atoms. The van der Waals surface area contributed by atoms with Gasteiger partial charge in [-0.25, -0.2) is 4.79 Å². The zero-order chi connectivity index (χ0) is 22.0. The number of H-pyrrole nitrogens is 2. The van der Waals surface area contributed by atoms with E-state index in [1.54, 1.807) is 12.1 Å². The standard InChI is InChI=1S/C23H22N2O6/c1-30-20(26)12-17(14-3-5-15(6-4-14)23(28)29)21-18(24-25-22(21)27)11-13-2-7-19-16(10-13)8-9-31-19/h2-7,10,17H,8-9,11-12H2,1H3,(H,28,29)(H2,24,25,27). The monoisotopic (exact) mass is 422 g/mol.